The Morgan fingerprint density at radius 3 is 1.74 bits per heavy atom. The second-order valence-corrected chi connectivity index (χ2v) is 31.5. The molecule has 0 saturated heterocycles. The first-order chi connectivity index (χ1) is 38.1. The molecule has 7 aromatic carbocycles. The van der Waals surface area contributed by atoms with Crippen LogP contribution in [0.25, 0.3) is 21.2 Å². The molecule has 5 aliphatic rings. The number of nitrogens with zero attached hydrogens (tertiary/aromatic N) is 3. The van der Waals surface area contributed by atoms with Gasteiger partial charge in [0.1, 0.15) is 0 Å². The van der Waals surface area contributed by atoms with Crippen molar-refractivity contribution in [1.82, 2.24) is 0 Å². The zero-order chi connectivity index (χ0) is 57.2. The van der Waals surface area contributed by atoms with E-state index in [-0.39, 0.29) is 43.4 Å². The minimum atomic E-state index is -0.190. The summed E-state index contributed by atoms with van der Waals surface area (Å²) in [4.78, 5) is 8.20. The topological polar surface area (TPSA) is 9.72 Å². The third kappa shape index (κ3) is 8.53. The SMILES string of the molecule is CC(C)(C)c1ccc(N2c3ccc(C(C)(C)C)cc3[B]c3c2cc(N2c4ccc(-c5ccccc5)cc4C4(C)CCCCC24C)cc3N(c2ccc3c(c2)C(C)(C)CCC3(C)C)c2csc3cc4c(cc23)C(C)(C)CCC4(C)C)cc1. The Morgan fingerprint density at radius 2 is 1.07 bits per heavy atom. The number of hydrogen-bond acceptors (Lipinski definition) is 4. The summed E-state index contributed by atoms with van der Waals surface area (Å²) in [6.07, 6.45) is 9.39. The van der Waals surface area contributed by atoms with Crippen molar-refractivity contribution in [1.29, 1.82) is 0 Å². The molecule has 2 unspecified atom stereocenters. The zero-order valence-electron chi connectivity index (χ0n) is 51.8. The Kier molecular flexibility index (Phi) is 12.2. The first kappa shape index (κ1) is 54.2. The van der Waals surface area contributed by atoms with E-state index < -0.39 is 0 Å². The van der Waals surface area contributed by atoms with Crippen LogP contribution in [-0.4, -0.2) is 12.8 Å². The zero-order valence-corrected chi connectivity index (χ0v) is 52.6. The highest BCUT2D eigenvalue weighted by Crippen LogP contribution is 2.63. The molecule has 1 aromatic heterocycles. The average molecular weight is 1090 g/mol. The van der Waals surface area contributed by atoms with Gasteiger partial charge in [0.25, 0.3) is 0 Å². The Morgan fingerprint density at radius 1 is 0.469 bits per heavy atom. The van der Waals surface area contributed by atoms with Gasteiger partial charge in [0, 0.05) is 60.7 Å². The molecule has 3 heterocycles. The minimum Gasteiger partial charge on any atom is -0.334 e. The van der Waals surface area contributed by atoms with Crippen LogP contribution in [-0.2, 0) is 37.9 Å². The number of anilines is 8. The van der Waals surface area contributed by atoms with Crippen molar-refractivity contribution in [3.8, 4) is 11.1 Å². The molecule has 1 saturated carbocycles. The molecule has 13 rings (SSSR count). The Balaban J connectivity index is 1.15. The van der Waals surface area contributed by atoms with Crippen molar-refractivity contribution in [3.05, 3.63) is 178 Å². The minimum absolute atomic E-state index is 0.0154. The molecular formula is C76H87BN3S. The Labute approximate surface area is 491 Å². The quantitative estimate of drug-likeness (QED) is 0.154. The molecule has 3 nitrogen and oxygen atoms in total. The second-order valence-electron chi connectivity index (χ2n) is 30.6. The van der Waals surface area contributed by atoms with Gasteiger partial charge in [0.2, 0.25) is 0 Å². The lowest BCUT2D eigenvalue weighted by molar-refractivity contribution is 0.195. The summed E-state index contributed by atoms with van der Waals surface area (Å²) in [6.45, 7) is 39.1. The van der Waals surface area contributed by atoms with Crippen LogP contribution in [0.1, 0.15) is 201 Å². The van der Waals surface area contributed by atoms with Crippen molar-refractivity contribution >= 4 is 85.1 Å². The molecule has 1 radical (unpaired) electrons. The first-order valence-electron chi connectivity index (χ1n) is 30.7. The van der Waals surface area contributed by atoms with Gasteiger partial charge in [0.15, 0.2) is 7.28 Å². The summed E-state index contributed by atoms with van der Waals surface area (Å²) < 4.78 is 1.36. The summed E-state index contributed by atoms with van der Waals surface area (Å²) in [7, 11) is 2.57. The van der Waals surface area contributed by atoms with Gasteiger partial charge in [0.05, 0.1) is 11.2 Å². The maximum atomic E-state index is 2.84. The smallest absolute Gasteiger partial charge is 0.199 e. The summed E-state index contributed by atoms with van der Waals surface area (Å²) in [5, 5.41) is 3.85. The highest BCUT2D eigenvalue weighted by Gasteiger charge is 2.58. The lowest BCUT2D eigenvalue weighted by Gasteiger charge is -2.50. The molecule has 1 fully saturated rings. The standard InChI is InChI=1S/C76H87BN3S/c1-69(2,3)50-25-28-52(29-26-50)78-63-33-27-51(70(4,5)6)41-61(63)77-68-64(78)43-54(80-62-32-24-49(48-22-18-17-19-23-48)40-60(62)75(15)34-20-21-35-76(75,80)16)44-65(68)79(53-30-31-56-57(42-53)72(9,10)37-36-71(56,7)8)66-47-81-67-46-59-58(45-55(66)67)73(11,12)38-39-74(59,13)14/h17-19,22-33,40-47H,20-21,34-39H2,1-16H3. The van der Waals surface area contributed by atoms with Crippen LogP contribution in [0.4, 0.5) is 45.5 Å². The number of rotatable bonds is 6. The first-order valence-corrected chi connectivity index (χ1v) is 31.6. The van der Waals surface area contributed by atoms with Crippen molar-refractivity contribution in [2.24, 2.45) is 0 Å². The number of fused-ring (bicyclic) bond motifs is 8. The second kappa shape index (κ2) is 18.2. The lowest BCUT2D eigenvalue weighted by atomic mass is 9.58. The van der Waals surface area contributed by atoms with Crippen molar-refractivity contribution in [3.63, 3.8) is 0 Å². The van der Waals surface area contributed by atoms with E-state index in [2.05, 4.69) is 272 Å². The molecule has 3 aliphatic carbocycles. The van der Waals surface area contributed by atoms with E-state index in [1.54, 1.807) is 0 Å². The van der Waals surface area contributed by atoms with Gasteiger partial charge in [-0.25, -0.2) is 0 Å². The maximum absolute atomic E-state index is 2.84. The highest BCUT2D eigenvalue weighted by atomic mass is 32.1. The average Bonchev–Trinajstić information content (AvgIpc) is 2.09. The molecule has 0 spiro atoms. The van der Waals surface area contributed by atoms with Crippen LogP contribution >= 0.6 is 11.3 Å². The van der Waals surface area contributed by atoms with E-state index in [9.17, 15) is 0 Å². The summed E-state index contributed by atoms with van der Waals surface area (Å²) in [5.74, 6) is 0. The predicted octanol–water partition coefficient (Wildman–Crippen LogP) is 20.5. The van der Waals surface area contributed by atoms with Gasteiger partial charge in [-0.15, -0.1) is 11.3 Å². The molecule has 2 aliphatic heterocycles. The van der Waals surface area contributed by atoms with E-state index >= 15 is 0 Å². The monoisotopic (exact) mass is 1080 g/mol. The van der Waals surface area contributed by atoms with Crippen LogP contribution in [0.3, 0.4) is 0 Å². The largest absolute Gasteiger partial charge is 0.334 e. The molecule has 0 amide bonds. The normalized spacial score (nSPS) is 22.0. The molecule has 0 bridgehead atoms. The fourth-order valence-electron chi connectivity index (χ4n) is 15.6. The molecule has 2 atom stereocenters. The van der Waals surface area contributed by atoms with Gasteiger partial charge in [-0.05, 0) is 200 Å². The van der Waals surface area contributed by atoms with Gasteiger partial charge in [-0.1, -0.05) is 189 Å². The van der Waals surface area contributed by atoms with Crippen molar-refractivity contribution < 1.29 is 0 Å². The number of thiophene rings is 1. The molecular weight excluding hydrogens is 998 g/mol. The molecule has 81 heavy (non-hydrogen) atoms. The summed E-state index contributed by atoms with van der Waals surface area (Å²) >= 11 is 1.93. The number of benzene rings is 7. The molecule has 8 aromatic rings. The summed E-state index contributed by atoms with van der Waals surface area (Å²) in [5.41, 5.74) is 25.0. The Bertz CT molecular complexity index is 3820. The van der Waals surface area contributed by atoms with E-state index in [0.29, 0.717) is 0 Å². The third-order valence-electron chi connectivity index (χ3n) is 21.4. The molecule has 415 valence electrons. The van der Waals surface area contributed by atoms with E-state index in [1.165, 1.54) is 149 Å². The van der Waals surface area contributed by atoms with Gasteiger partial charge in [-0.3, -0.25) is 0 Å². The van der Waals surface area contributed by atoms with Crippen molar-refractivity contribution in [2.45, 2.75) is 206 Å². The van der Waals surface area contributed by atoms with Crippen LogP contribution < -0.4 is 25.6 Å². The van der Waals surface area contributed by atoms with Crippen LogP contribution in [0.2, 0.25) is 0 Å². The van der Waals surface area contributed by atoms with Crippen LogP contribution in [0.5, 0.6) is 0 Å². The van der Waals surface area contributed by atoms with Crippen molar-refractivity contribution in [2.75, 3.05) is 14.7 Å². The maximum Gasteiger partial charge on any atom is 0.199 e. The fourth-order valence-corrected chi connectivity index (χ4v) is 16.5. The highest BCUT2D eigenvalue weighted by molar-refractivity contribution is 7.17. The van der Waals surface area contributed by atoms with Gasteiger partial charge < -0.3 is 14.7 Å². The fraction of sp³-hybridized carbons (Fsp3) is 0.421. The molecule has 0 N–H and O–H groups in total. The van der Waals surface area contributed by atoms with E-state index in [4.69, 9.17) is 0 Å². The lowest BCUT2D eigenvalue weighted by Crippen LogP contribution is -2.54. The number of hydrogen-bond donors (Lipinski definition) is 0. The molecule has 5 heteroatoms. The van der Waals surface area contributed by atoms with Crippen LogP contribution in [0, 0.1) is 0 Å². The van der Waals surface area contributed by atoms with Gasteiger partial charge in [-0.2, -0.15) is 0 Å². The van der Waals surface area contributed by atoms with E-state index in [0.717, 1.165) is 19.3 Å². The Hall–Kier alpha value is -6.04. The summed E-state index contributed by atoms with van der Waals surface area (Å²) in [6, 6.07) is 53.4. The van der Waals surface area contributed by atoms with E-state index in [1.807, 2.05) is 11.3 Å². The third-order valence-corrected chi connectivity index (χ3v) is 22.3. The van der Waals surface area contributed by atoms with Crippen LogP contribution in [0.15, 0.2) is 139 Å². The predicted molar refractivity (Wildman–Crippen MR) is 352 cm³/mol. The van der Waals surface area contributed by atoms with Gasteiger partial charge >= 0.3 is 0 Å².